The summed E-state index contributed by atoms with van der Waals surface area (Å²) in [7, 11) is 0. The second-order valence-electron chi connectivity index (χ2n) is 8.01. The van der Waals surface area contributed by atoms with Gasteiger partial charge in [0.2, 0.25) is 0 Å². The van der Waals surface area contributed by atoms with Crippen LogP contribution in [0.3, 0.4) is 0 Å². The normalized spacial score (nSPS) is 11.2. The number of aliphatic hydroxyl groups is 1. The maximum absolute atomic E-state index is 12.0. The highest BCUT2D eigenvalue weighted by molar-refractivity contribution is 5.70. The Bertz CT molecular complexity index is 412. The van der Waals surface area contributed by atoms with Gasteiger partial charge in [0.1, 0.15) is 19.8 Å². The Morgan fingerprint density at radius 2 is 0.900 bits per heavy atom. The van der Waals surface area contributed by atoms with E-state index in [1.54, 1.807) is 0 Å². The van der Waals surface area contributed by atoms with Crippen molar-refractivity contribution < 1.29 is 33.7 Å². The molecule has 0 amide bonds. The van der Waals surface area contributed by atoms with Gasteiger partial charge in [-0.3, -0.25) is 14.4 Å². The number of aliphatic hydroxyl groups excluding tert-OH is 1. The van der Waals surface area contributed by atoms with Crippen LogP contribution >= 0.6 is 0 Å². The number of esters is 3. The number of carbonyl (C=O) groups is 3. The van der Waals surface area contributed by atoms with E-state index in [1.807, 2.05) is 20.8 Å². The van der Waals surface area contributed by atoms with Crippen LogP contribution in [0, 0.1) is 5.41 Å². The molecule has 0 aliphatic carbocycles. The molecule has 0 saturated carbocycles. The molecule has 0 radical (unpaired) electrons. The predicted octanol–water partition coefficient (Wildman–Crippen LogP) is 4.34. The van der Waals surface area contributed by atoms with Gasteiger partial charge in [-0.25, -0.2) is 0 Å². The third-order valence-corrected chi connectivity index (χ3v) is 4.91. The molecule has 0 aromatic carbocycles. The number of ether oxygens (including phenoxy) is 3. The molecule has 0 aromatic rings. The van der Waals surface area contributed by atoms with Crippen LogP contribution in [-0.2, 0) is 28.6 Å². The van der Waals surface area contributed by atoms with Crippen molar-refractivity contribution in [2.45, 2.75) is 97.8 Å². The Hall–Kier alpha value is -1.63. The van der Waals surface area contributed by atoms with E-state index in [-0.39, 0.29) is 37.7 Å². The van der Waals surface area contributed by atoms with Crippen molar-refractivity contribution in [3.8, 4) is 0 Å². The summed E-state index contributed by atoms with van der Waals surface area (Å²) in [5.74, 6) is -1.11. The Morgan fingerprint density at radius 1 is 0.600 bits per heavy atom. The molecule has 0 heterocycles. The van der Waals surface area contributed by atoms with Gasteiger partial charge < -0.3 is 19.3 Å². The van der Waals surface area contributed by atoms with E-state index in [0.29, 0.717) is 19.3 Å². The van der Waals surface area contributed by atoms with Gasteiger partial charge >= 0.3 is 17.9 Å². The largest absolute Gasteiger partial charge is 0.465 e. The zero-order valence-electron chi connectivity index (χ0n) is 19.2. The number of carbonyl (C=O) groups excluding carboxylic acids is 3. The quantitative estimate of drug-likeness (QED) is 0.185. The van der Waals surface area contributed by atoms with Crippen molar-refractivity contribution in [1.29, 1.82) is 0 Å². The van der Waals surface area contributed by atoms with Crippen LogP contribution < -0.4 is 0 Å². The third kappa shape index (κ3) is 14.4. The van der Waals surface area contributed by atoms with Crippen LogP contribution in [0.15, 0.2) is 0 Å². The summed E-state index contributed by atoms with van der Waals surface area (Å²) in [6.07, 6.45) is 8.89. The molecule has 7 heteroatoms. The van der Waals surface area contributed by atoms with Gasteiger partial charge in [0, 0.05) is 19.3 Å². The fourth-order valence-electron chi connectivity index (χ4n) is 2.74. The van der Waals surface area contributed by atoms with Gasteiger partial charge in [-0.15, -0.1) is 0 Å². The molecule has 30 heavy (non-hydrogen) atoms. The third-order valence-electron chi connectivity index (χ3n) is 4.91. The van der Waals surface area contributed by atoms with E-state index in [0.717, 1.165) is 57.8 Å². The summed E-state index contributed by atoms with van der Waals surface area (Å²) >= 11 is 0. The Morgan fingerprint density at radius 3 is 1.13 bits per heavy atom. The van der Waals surface area contributed by atoms with Crippen molar-refractivity contribution in [1.82, 2.24) is 0 Å². The summed E-state index contributed by atoms with van der Waals surface area (Å²) in [6, 6.07) is 0. The molecule has 1 N–H and O–H groups in total. The van der Waals surface area contributed by atoms with E-state index < -0.39 is 12.0 Å². The minimum Gasteiger partial charge on any atom is -0.465 e. The number of hydrogen-bond acceptors (Lipinski definition) is 7. The van der Waals surface area contributed by atoms with Gasteiger partial charge in [0.05, 0.1) is 12.0 Å². The number of unbranched alkanes of at least 4 members (excludes halogenated alkanes) is 6. The number of rotatable bonds is 19. The Labute approximate surface area is 181 Å². The summed E-state index contributed by atoms with van der Waals surface area (Å²) in [5, 5.41) is 9.98. The monoisotopic (exact) mass is 430 g/mol. The summed E-state index contributed by atoms with van der Waals surface area (Å²) < 4.78 is 16.0. The minimum absolute atomic E-state index is 0.168. The highest BCUT2D eigenvalue weighted by atomic mass is 16.6. The van der Waals surface area contributed by atoms with Crippen LogP contribution in [0.5, 0.6) is 0 Å². The first-order valence-corrected chi connectivity index (χ1v) is 11.5. The Balaban J connectivity index is 4.80. The lowest BCUT2D eigenvalue weighted by Crippen LogP contribution is -2.42. The van der Waals surface area contributed by atoms with Crippen molar-refractivity contribution >= 4 is 17.9 Å². The van der Waals surface area contributed by atoms with Crippen LogP contribution in [0.25, 0.3) is 0 Å². The van der Waals surface area contributed by atoms with Crippen molar-refractivity contribution in [2.75, 3.05) is 26.4 Å². The zero-order valence-corrected chi connectivity index (χ0v) is 19.2. The van der Waals surface area contributed by atoms with E-state index in [9.17, 15) is 19.5 Å². The molecule has 0 fully saturated rings. The minimum atomic E-state index is -1.15. The first-order valence-electron chi connectivity index (χ1n) is 11.5. The Kier molecular flexibility index (Phi) is 17.2. The lowest BCUT2D eigenvalue weighted by atomic mass is 9.92. The molecule has 7 nitrogen and oxygen atoms in total. The lowest BCUT2D eigenvalue weighted by molar-refractivity contribution is -0.165. The molecule has 0 atom stereocenters. The van der Waals surface area contributed by atoms with Gasteiger partial charge in [0.25, 0.3) is 0 Å². The smallest absolute Gasteiger partial charge is 0.305 e. The summed E-state index contributed by atoms with van der Waals surface area (Å²) in [4.78, 5) is 36.0. The van der Waals surface area contributed by atoms with Gasteiger partial charge in [-0.05, 0) is 19.3 Å². The summed E-state index contributed by atoms with van der Waals surface area (Å²) in [5.41, 5.74) is -1.15. The van der Waals surface area contributed by atoms with E-state index in [1.165, 1.54) is 0 Å². The number of hydrogen-bond donors (Lipinski definition) is 1. The highest BCUT2D eigenvalue weighted by Gasteiger charge is 2.35. The lowest BCUT2D eigenvalue weighted by Gasteiger charge is -2.30. The fraction of sp³-hybridized carbons (Fsp3) is 0.870. The molecule has 0 aliphatic rings. The summed E-state index contributed by atoms with van der Waals surface area (Å²) in [6.45, 7) is 5.21. The average molecular weight is 431 g/mol. The van der Waals surface area contributed by atoms with Crippen LogP contribution in [0.4, 0.5) is 0 Å². The molecule has 176 valence electrons. The first-order chi connectivity index (χ1) is 14.4. The van der Waals surface area contributed by atoms with Crippen molar-refractivity contribution in [3.05, 3.63) is 0 Å². The van der Waals surface area contributed by atoms with E-state index >= 15 is 0 Å². The van der Waals surface area contributed by atoms with Gasteiger partial charge in [-0.2, -0.15) is 0 Å². The molecule has 0 aromatic heterocycles. The molecule has 0 saturated heterocycles. The first kappa shape index (κ1) is 28.4. The standard InChI is InChI=1S/C23H42O7/c1-4-7-10-13-20(25)28-17-23(16-24,18-29-21(26)14-11-8-5-2)19-30-22(27)15-12-9-6-3/h24H,4-19H2,1-3H3. The highest BCUT2D eigenvalue weighted by Crippen LogP contribution is 2.21. The topological polar surface area (TPSA) is 99.1 Å². The maximum Gasteiger partial charge on any atom is 0.305 e. The van der Waals surface area contributed by atoms with Crippen LogP contribution in [0.2, 0.25) is 0 Å². The molecular weight excluding hydrogens is 388 g/mol. The fourth-order valence-corrected chi connectivity index (χ4v) is 2.74. The molecule has 0 aliphatic heterocycles. The van der Waals surface area contributed by atoms with Crippen molar-refractivity contribution in [3.63, 3.8) is 0 Å². The van der Waals surface area contributed by atoms with Gasteiger partial charge in [0.15, 0.2) is 0 Å². The second kappa shape index (κ2) is 18.2. The van der Waals surface area contributed by atoms with E-state index in [4.69, 9.17) is 14.2 Å². The molecule has 0 rings (SSSR count). The zero-order chi connectivity index (χ0) is 22.7. The predicted molar refractivity (Wildman–Crippen MR) is 115 cm³/mol. The van der Waals surface area contributed by atoms with Crippen LogP contribution in [-0.4, -0.2) is 49.4 Å². The second-order valence-corrected chi connectivity index (χ2v) is 8.01. The van der Waals surface area contributed by atoms with Gasteiger partial charge in [-0.1, -0.05) is 59.3 Å². The molecule has 0 unspecified atom stereocenters. The average Bonchev–Trinajstić information content (AvgIpc) is 2.74. The SMILES string of the molecule is CCCCCC(=O)OCC(CO)(COC(=O)CCCCC)COC(=O)CCCCC. The maximum atomic E-state index is 12.0. The van der Waals surface area contributed by atoms with Crippen LogP contribution in [0.1, 0.15) is 97.8 Å². The molecular formula is C23H42O7. The van der Waals surface area contributed by atoms with E-state index in [2.05, 4.69) is 0 Å². The van der Waals surface area contributed by atoms with Crippen molar-refractivity contribution in [2.24, 2.45) is 5.41 Å². The molecule has 0 spiro atoms. The molecule has 0 bridgehead atoms.